The zero-order valence-corrected chi connectivity index (χ0v) is 18.8. The molecule has 10 nitrogen and oxygen atoms in total. The number of hydrogen-bond donors (Lipinski definition) is 2. The van der Waals surface area contributed by atoms with Crippen LogP contribution in [-0.2, 0) is 14.1 Å². The highest BCUT2D eigenvalue weighted by Gasteiger charge is 2.31. The van der Waals surface area contributed by atoms with Gasteiger partial charge in [-0.1, -0.05) is 41.9 Å². The topological polar surface area (TPSA) is 128 Å². The number of anilines is 1. The average molecular weight is 469 g/mol. The van der Waals surface area contributed by atoms with Gasteiger partial charge in [-0.15, -0.1) is 0 Å². The molecule has 4 aromatic rings. The van der Waals surface area contributed by atoms with E-state index < -0.39 is 28.8 Å². The normalized spacial score (nSPS) is 13.0. The smallest absolute Gasteiger partial charge is 0.296 e. The zero-order valence-electron chi connectivity index (χ0n) is 18.1. The molecule has 2 N–H and O–H groups in total. The average Bonchev–Trinajstić information content (AvgIpc) is 3.45. The van der Waals surface area contributed by atoms with E-state index in [0.717, 1.165) is 11.1 Å². The number of carbonyl (C=O) groups is 1. The highest BCUT2D eigenvalue weighted by molar-refractivity contribution is 6.31. The molecule has 0 saturated carbocycles. The number of nitrogens with zero attached hydrogens (tertiary/aromatic N) is 5. The second kappa shape index (κ2) is 8.91. The van der Waals surface area contributed by atoms with Crippen molar-refractivity contribution in [1.82, 2.24) is 24.5 Å². The van der Waals surface area contributed by atoms with Crippen molar-refractivity contribution in [2.24, 2.45) is 14.1 Å². The maximum absolute atomic E-state index is 12.8. The molecular weight excluding hydrogens is 448 g/mol. The van der Waals surface area contributed by atoms with Crippen molar-refractivity contribution in [2.45, 2.75) is 18.8 Å². The van der Waals surface area contributed by atoms with E-state index in [1.807, 2.05) is 31.3 Å². The summed E-state index contributed by atoms with van der Waals surface area (Å²) in [4.78, 5) is 30.0. The van der Waals surface area contributed by atoms with E-state index in [1.165, 1.54) is 24.1 Å². The molecule has 0 aliphatic carbocycles. The van der Waals surface area contributed by atoms with Gasteiger partial charge in [-0.25, -0.2) is 4.98 Å². The van der Waals surface area contributed by atoms with E-state index in [2.05, 4.69) is 20.6 Å². The number of amides is 1. The van der Waals surface area contributed by atoms with Crippen molar-refractivity contribution in [1.29, 1.82) is 0 Å². The fourth-order valence-electron chi connectivity index (χ4n) is 3.84. The molecule has 1 aromatic carbocycles. The van der Waals surface area contributed by atoms with Crippen LogP contribution in [-0.4, -0.2) is 35.5 Å². The van der Waals surface area contributed by atoms with Crippen LogP contribution in [0.15, 0.2) is 58.4 Å². The molecule has 4 rings (SSSR count). The van der Waals surface area contributed by atoms with Gasteiger partial charge in [-0.2, -0.15) is 5.10 Å². The molecule has 0 radical (unpaired) electrons. The Bertz CT molecular complexity index is 1360. The van der Waals surface area contributed by atoms with Crippen molar-refractivity contribution < 1.29 is 14.4 Å². The molecule has 0 aliphatic rings. The molecule has 1 amide bonds. The summed E-state index contributed by atoms with van der Waals surface area (Å²) in [6.45, 7) is 1.88. The lowest BCUT2D eigenvalue weighted by atomic mass is 9.82. The van der Waals surface area contributed by atoms with E-state index in [4.69, 9.17) is 16.1 Å². The van der Waals surface area contributed by atoms with Gasteiger partial charge in [-0.3, -0.25) is 18.8 Å². The molecule has 0 fully saturated rings. The highest BCUT2D eigenvalue weighted by atomic mass is 35.5. The first-order valence-corrected chi connectivity index (χ1v) is 10.4. The minimum absolute atomic E-state index is 0.265. The molecule has 0 spiro atoms. The Kier molecular flexibility index (Phi) is 6.01. The number of hydrogen-bond acceptors (Lipinski definition) is 7. The molecule has 3 heterocycles. The third-order valence-corrected chi connectivity index (χ3v) is 5.78. The van der Waals surface area contributed by atoms with Crippen LogP contribution in [0.5, 0.6) is 5.75 Å². The Morgan fingerprint density at radius 3 is 2.64 bits per heavy atom. The van der Waals surface area contributed by atoms with Gasteiger partial charge in [0.15, 0.2) is 5.69 Å². The summed E-state index contributed by atoms with van der Waals surface area (Å²) in [6.07, 6.45) is 6.09. The maximum atomic E-state index is 12.8. The Morgan fingerprint density at radius 2 is 2.00 bits per heavy atom. The molecule has 0 bridgehead atoms. The van der Waals surface area contributed by atoms with Crippen LogP contribution in [0.25, 0.3) is 0 Å². The van der Waals surface area contributed by atoms with E-state index in [1.54, 1.807) is 24.0 Å². The van der Waals surface area contributed by atoms with Crippen molar-refractivity contribution in [3.63, 3.8) is 0 Å². The highest BCUT2D eigenvalue weighted by Crippen LogP contribution is 2.40. The van der Waals surface area contributed by atoms with Crippen molar-refractivity contribution >= 4 is 23.2 Å². The zero-order chi connectivity index (χ0) is 23.7. The van der Waals surface area contributed by atoms with Crippen LogP contribution in [0.4, 0.5) is 5.69 Å². The minimum atomic E-state index is -0.766. The lowest BCUT2D eigenvalue weighted by Crippen LogP contribution is -2.29. The first kappa shape index (κ1) is 22.3. The quantitative estimate of drug-likeness (QED) is 0.445. The number of aromatic hydroxyl groups is 1. The Morgan fingerprint density at radius 1 is 1.24 bits per heavy atom. The molecular formula is C22H21ClN6O4. The van der Waals surface area contributed by atoms with Gasteiger partial charge >= 0.3 is 0 Å². The summed E-state index contributed by atoms with van der Waals surface area (Å²) >= 11 is 6.53. The Labute approximate surface area is 193 Å². The summed E-state index contributed by atoms with van der Waals surface area (Å²) in [5.41, 5.74) is 0.797. The van der Waals surface area contributed by atoms with Gasteiger partial charge in [-0.05, 0) is 17.2 Å². The van der Waals surface area contributed by atoms with E-state index >= 15 is 0 Å². The number of aromatic nitrogens is 5. The largest absolute Gasteiger partial charge is 0.501 e. The summed E-state index contributed by atoms with van der Waals surface area (Å²) in [5, 5.41) is 21.2. The molecule has 0 aliphatic heterocycles. The summed E-state index contributed by atoms with van der Waals surface area (Å²) in [5.74, 6) is -1.98. The molecule has 0 unspecified atom stereocenters. The first-order valence-electron chi connectivity index (χ1n) is 10.0. The minimum Gasteiger partial charge on any atom is -0.501 e. The van der Waals surface area contributed by atoms with Crippen LogP contribution in [0.3, 0.4) is 0 Å². The number of nitrogens with one attached hydrogen (secondary N) is 1. The number of carbonyl (C=O) groups excluding carboxylic acids is 1. The number of benzene rings is 1. The van der Waals surface area contributed by atoms with Crippen molar-refractivity contribution in [2.75, 3.05) is 5.32 Å². The fraction of sp³-hybridized carbons (Fsp3) is 0.227. The van der Waals surface area contributed by atoms with Gasteiger partial charge in [0.25, 0.3) is 11.5 Å². The predicted molar refractivity (Wildman–Crippen MR) is 121 cm³/mol. The summed E-state index contributed by atoms with van der Waals surface area (Å²) in [6, 6.07) is 7.39. The van der Waals surface area contributed by atoms with Gasteiger partial charge in [0.2, 0.25) is 5.75 Å². The molecule has 0 saturated heterocycles. The fourth-order valence-corrected chi connectivity index (χ4v) is 4.10. The van der Waals surface area contributed by atoms with Crippen LogP contribution >= 0.6 is 11.6 Å². The van der Waals surface area contributed by atoms with Crippen LogP contribution in [0.2, 0.25) is 5.02 Å². The number of rotatable bonds is 6. The first-order chi connectivity index (χ1) is 15.8. The number of halogens is 1. The van der Waals surface area contributed by atoms with E-state index in [-0.39, 0.29) is 11.6 Å². The van der Waals surface area contributed by atoms with Crippen molar-refractivity contribution in [3.8, 4) is 5.75 Å². The monoisotopic (exact) mass is 468 g/mol. The molecule has 33 heavy (non-hydrogen) atoms. The van der Waals surface area contributed by atoms with Crippen LogP contribution in [0.1, 0.15) is 46.2 Å². The lowest BCUT2D eigenvalue weighted by Gasteiger charge is -2.26. The van der Waals surface area contributed by atoms with Gasteiger partial charge in [0.1, 0.15) is 17.8 Å². The molecule has 170 valence electrons. The second-order valence-electron chi connectivity index (χ2n) is 7.63. The maximum Gasteiger partial charge on any atom is 0.296 e. The summed E-state index contributed by atoms with van der Waals surface area (Å²) < 4.78 is 7.60. The third kappa shape index (κ3) is 4.24. The number of aryl methyl sites for hydroxylation is 1. The second-order valence-corrected chi connectivity index (χ2v) is 8.04. The molecule has 2 atom stereocenters. The lowest BCUT2D eigenvalue weighted by molar-refractivity contribution is 0.101. The van der Waals surface area contributed by atoms with Gasteiger partial charge in [0.05, 0.1) is 12.4 Å². The predicted octanol–water partition coefficient (Wildman–Crippen LogP) is 3.05. The Balaban J connectivity index is 1.83. The van der Waals surface area contributed by atoms with Crippen LogP contribution < -0.4 is 10.9 Å². The molecule has 3 aromatic heterocycles. The Hall–Kier alpha value is -3.92. The molecule has 11 heteroatoms. The SMILES string of the molecule is C[C@H](c1nc(C(=O)Nc2cnoc2)c(O)c(=O)n1C)[C@@H](c1cnn(C)c1)c1ccccc1Cl. The van der Waals surface area contributed by atoms with Crippen LogP contribution in [0, 0.1) is 0 Å². The standard InChI is InChI=1S/C22H21ClN6O4/c1-12(17(13-8-24-28(2)10-13)15-6-4-5-7-16(15)23)20-27-18(19(30)22(32)29(20)3)21(31)26-14-9-25-33-11-14/h4-12,17,30H,1-3H3,(H,26,31)/t12-,17-/m0/s1. The third-order valence-electron chi connectivity index (χ3n) is 5.44. The van der Waals surface area contributed by atoms with Gasteiger partial charge in [0, 0.05) is 37.2 Å². The van der Waals surface area contributed by atoms with Crippen molar-refractivity contribution in [3.05, 3.63) is 87.1 Å². The summed E-state index contributed by atoms with van der Waals surface area (Å²) in [7, 11) is 3.30. The van der Waals surface area contributed by atoms with E-state index in [0.29, 0.717) is 10.8 Å². The van der Waals surface area contributed by atoms with Gasteiger partial charge < -0.3 is 14.9 Å². The van der Waals surface area contributed by atoms with E-state index in [9.17, 15) is 14.7 Å².